The minimum Gasteiger partial charge on any atom is -0.351 e. The molecule has 0 aliphatic heterocycles. The summed E-state index contributed by atoms with van der Waals surface area (Å²) in [6, 6.07) is 22.2. The van der Waals surface area contributed by atoms with Crippen LogP contribution in [0.1, 0.15) is 10.4 Å². The number of sulfonamides is 1. The lowest BCUT2D eigenvalue weighted by atomic mass is 10.0. The number of pyridine rings is 1. The second-order valence-corrected chi connectivity index (χ2v) is 8.58. The van der Waals surface area contributed by atoms with E-state index in [1.54, 1.807) is 47.2 Å². The van der Waals surface area contributed by atoms with Crippen molar-refractivity contribution in [2.45, 2.75) is 0 Å². The molecule has 1 amide bonds. The monoisotopic (exact) mass is 420 g/mol. The summed E-state index contributed by atoms with van der Waals surface area (Å²) in [6.45, 7) is 0.00350. The zero-order valence-corrected chi connectivity index (χ0v) is 16.8. The van der Waals surface area contributed by atoms with E-state index < -0.39 is 10.0 Å². The summed E-state index contributed by atoms with van der Waals surface area (Å²) in [5, 5.41) is 6.72. The van der Waals surface area contributed by atoms with Crippen molar-refractivity contribution in [2.75, 3.05) is 17.0 Å². The molecule has 7 nitrogen and oxygen atoms in total. The van der Waals surface area contributed by atoms with Crippen molar-refractivity contribution in [3.8, 4) is 11.1 Å². The molecule has 0 atom stereocenters. The van der Waals surface area contributed by atoms with Gasteiger partial charge >= 0.3 is 0 Å². The maximum atomic E-state index is 12.3. The lowest BCUT2D eigenvalue weighted by Crippen LogP contribution is -2.31. The minimum absolute atomic E-state index is 0.00350. The first-order chi connectivity index (χ1) is 14.5. The van der Waals surface area contributed by atoms with Crippen LogP contribution in [0.25, 0.3) is 16.6 Å². The number of fused-ring (bicyclic) bond motifs is 1. The average Bonchev–Trinajstić information content (AvgIpc) is 3.22. The molecule has 30 heavy (non-hydrogen) atoms. The summed E-state index contributed by atoms with van der Waals surface area (Å²) < 4.78 is 28.8. The molecule has 2 N–H and O–H groups in total. The fourth-order valence-corrected chi connectivity index (χ4v) is 4.02. The number of carbonyl (C=O) groups is 1. The molecule has 0 aliphatic rings. The van der Waals surface area contributed by atoms with Crippen molar-refractivity contribution < 1.29 is 13.2 Å². The van der Waals surface area contributed by atoms with Gasteiger partial charge in [0, 0.05) is 24.5 Å². The van der Waals surface area contributed by atoms with Crippen molar-refractivity contribution in [1.82, 2.24) is 14.9 Å². The van der Waals surface area contributed by atoms with E-state index in [0.717, 1.165) is 16.6 Å². The van der Waals surface area contributed by atoms with E-state index in [2.05, 4.69) is 15.1 Å². The van der Waals surface area contributed by atoms with E-state index in [1.165, 1.54) is 0 Å². The van der Waals surface area contributed by atoms with E-state index >= 15 is 0 Å². The van der Waals surface area contributed by atoms with Gasteiger partial charge in [-0.1, -0.05) is 42.5 Å². The smallest absolute Gasteiger partial charge is 0.251 e. The Hall–Kier alpha value is -3.65. The highest BCUT2D eigenvalue weighted by Crippen LogP contribution is 2.19. The Balaban J connectivity index is 1.32. The normalized spacial score (nSPS) is 11.3. The van der Waals surface area contributed by atoms with Gasteiger partial charge in [0.25, 0.3) is 5.91 Å². The zero-order chi connectivity index (χ0) is 21.0. The lowest BCUT2D eigenvalue weighted by molar-refractivity contribution is 0.0956. The van der Waals surface area contributed by atoms with E-state index in [9.17, 15) is 13.2 Å². The van der Waals surface area contributed by atoms with E-state index in [0.29, 0.717) is 11.3 Å². The Kier molecular flexibility index (Phi) is 5.49. The molecule has 8 heteroatoms. The van der Waals surface area contributed by atoms with Gasteiger partial charge in [-0.05, 0) is 41.5 Å². The van der Waals surface area contributed by atoms with Crippen molar-refractivity contribution in [1.29, 1.82) is 0 Å². The summed E-state index contributed by atoms with van der Waals surface area (Å²) in [4.78, 5) is 12.3. The molecule has 0 saturated heterocycles. The molecule has 0 bridgehead atoms. The molecule has 4 aromatic rings. The van der Waals surface area contributed by atoms with Gasteiger partial charge in [-0.15, -0.1) is 0 Å². The van der Waals surface area contributed by atoms with E-state index in [1.807, 2.05) is 42.5 Å². The molecule has 0 radical (unpaired) electrons. The van der Waals surface area contributed by atoms with Crippen LogP contribution in [-0.4, -0.2) is 36.2 Å². The van der Waals surface area contributed by atoms with Crippen molar-refractivity contribution in [2.24, 2.45) is 0 Å². The molecular weight excluding hydrogens is 400 g/mol. The lowest BCUT2D eigenvalue weighted by Gasteiger charge is -2.10. The number of amides is 1. The molecule has 2 heterocycles. The Morgan fingerprint density at radius 3 is 2.43 bits per heavy atom. The number of hydrogen-bond donors (Lipinski definition) is 2. The molecule has 0 aliphatic carbocycles. The maximum absolute atomic E-state index is 12.3. The van der Waals surface area contributed by atoms with Crippen LogP contribution in [0, 0.1) is 0 Å². The van der Waals surface area contributed by atoms with Crippen LogP contribution in [-0.2, 0) is 10.0 Å². The Morgan fingerprint density at radius 2 is 1.67 bits per heavy atom. The van der Waals surface area contributed by atoms with Gasteiger partial charge in [-0.3, -0.25) is 9.52 Å². The minimum atomic E-state index is -3.60. The summed E-state index contributed by atoms with van der Waals surface area (Å²) in [6.07, 6.45) is 3.31. The first-order valence-corrected chi connectivity index (χ1v) is 11.0. The third-order valence-corrected chi connectivity index (χ3v) is 5.87. The zero-order valence-electron chi connectivity index (χ0n) is 16.0. The molecule has 4 rings (SSSR count). The van der Waals surface area contributed by atoms with Crippen LogP contribution >= 0.6 is 0 Å². The molecule has 0 saturated carbocycles. The number of anilines is 1. The van der Waals surface area contributed by atoms with Crippen LogP contribution in [0.15, 0.2) is 85.2 Å². The van der Waals surface area contributed by atoms with Crippen LogP contribution in [0.4, 0.5) is 5.69 Å². The molecular formula is C22H20N4O3S. The maximum Gasteiger partial charge on any atom is 0.251 e. The SMILES string of the molecule is O=C(NCCS(=O)(=O)Nc1ccn2nccc2c1)c1ccc(-c2ccccc2)cc1. The number of rotatable bonds is 7. The quantitative estimate of drug-likeness (QED) is 0.480. The van der Waals surface area contributed by atoms with Gasteiger partial charge in [0.1, 0.15) is 0 Å². The Bertz CT molecular complexity index is 1270. The second kappa shape index (κ2) is 8.38. The summed E-state index contributed by atoms with van der Waals surface area (Å²) in [5.74, 6) is -0.545. The molecule has 0 spiro atoms. The number of nitrogens with zero attached hydrogens (tertiary/aromatic N) is 2. The summed E-state index contributed by atoms with van der Waals surface area (Å²) in [7, 11) is -3.60. The number of benzene rings is 2. The molecule has 2 aromatic heterocycles. The summed E-state index contributed by atoms with van der Waals surface area (Å²) >= 11 is 0. The number of nitrogens with one attached hydrogen (secondary N) is 2. The topological polar surface area (TPSA) is 92.6 Å². The number of carbonyl (C=O) groups excluding carboxylic acids is 1. The molecule has 152 valence electrons. The Labute approximate surface area is 174 Å². The molecule has 0 unspecified atom stereocenters. The first kappa shape index (κ1) is 19.7. The fraction of sp³-hybridized carbons (Fsp3) is 0.0909. The fourth-order valence-electron chi connectivity index (χ4n) is 3.06. The highest BCUT2D eigenvalue weighted by atomic mass is 32.2. The largest absolute Gasteiger partial charge is 0.351 e. The standard InChI is InChI=1S/C22H20N4O3S/c27-22(19-8-6-18(7-9-19)17-4-2-1-3-5-17)23-13-15-30(28,29)25-20-11-14-26-21(16-20)10-12-24-26/h1-12,14,16,25H,13,15H2,(H,23,27). The number of aromatic nitrogens is 2. The van der Waals surface area contributed by atoms with Crippen LogP contribution in [0.5, 0.6) is 0 Å². The predicted molar refractivity (Wildman–Crippen MR) is 117 cm³/mol. The van der Waals surface area contributed by atoms with Gasteiger partial charge < -0.3 is 5.32 Å². The van der Waals surface area contributed by atoms with Gasteiger partial charge in [0.05, 0.1) is 17.0 Å². The third-order valence-electron chi connectivity index (χ3n) is 4.58. The summed E-state index contributed by atoms with van der Waals surface area (Å²) in [5.41, 5.74) is 3.78. The highest BCUT2D eigenvalue weighted by molar-refractivity contribution is 7.92. The Morgan fingerprint density at radius 1 is 0.933 bits per heavy atom. The predicted octanol–water partition coefficient (Wildman–Crippen LogP) is 3.17. The van der Waals surface area contributed by atoms with Gasteiger partial charge in [-0.25, -0.2) is 12.9 Å². The average molecular weight is 420 g/mol. The van der Waals surface area contributed by atoms with Gasteiger partial charge in [-0.2, -0.15) is 5.10 Å². The van der Waals surface area contributed by atoms with Gasteiger partial charge in [0.2, 0.25) is 10.0 Å². The van der Waals surface area contributed by atoms with Crippen molar-refractivity contribution in [3.63, 3.8) is 0 Å². The number of hydrogen-bond acceptors (Lipinski definition) is 4. The van der Waals surface area contributed by atoms with Crippen LogP contribution < -0.4 is 10.0 Å². The van der Waals surface area contributed by atoms with Crippen LogP contribution in [0.3, 0.4) is 0 Å². The van der Waals surface area contributed by atoms with Gasteiger partial charge in [0.15, 0.2) is 0 Å². The van der Waals surface area contributed by atoms with Crippen molar-refractivity contribution >= 4 is 27.1 Å². The van der Waals surface area contributed by atoms with Crippen molar-refractivity contribution in [3.05, 3.63) is 90.8 Å². The molecule has 2 aromatic carbocycles. The highest BCUT2D eigenvalue weighted by Gasteiger charge is 2.13. The van der Waals surface area contributed by atoms with E-state index in [-0.39, 0.29) is 18.2 Å². The molecule has 0 fully saturated rings. The third kappa shape index (κ3) is 4.66. The van der Waals surface area contributed by atoms with Crippen LogP contribution in [0.2, 0.25) is 0 Å². The first-order valence-electron chi connectivity index (χ1n) is 9.38. The van der Waals surface area contributed by atoms with E-state index in [4.69, 9.17) is 0 Å². The second-order valence-electron chi connectivity index (χ2n) is 6.74.